The highest BCUT2D eigenvalue weighted by molar-refractivity contribution is 5.80. The number of benzene rings is 2. The van der Waals surface area contributed by atoms with E-state index in [1.54, 1.807) is 0 Å². The van der Waals surface area contributed by atoms with E-state index in [1.807, 2.05) is 6.07 Å². The molecule has 4 nitrogen and oxygen atoms in total. The molecule has 25 heavy (non-hydrogen) atoms. The summed E-state index contributed by atoms with van der Waals surface area (Å²) in [7, 11) is 0. The normalized spacial score (nSPS) is 14.0. The van der Waals surface area contributed by atoms with Gasteiger partial charge < -0.3 is 9.88 Å². The Morgan fingerprint density at radius 3 is 2.72 bits per heavy atom. The van der Waals surface area contributed by atoms with Gasteiger partial charge in [0.2, 0.25) is 5.91 Å². The van der Waals surface area contributed by atoms with Crippen molar-refractivity contribution in [2.45, 2.75) is 32.7 Å². The van der Waals surface area contributed by atoms with Crippen LogP contribution in [0.15, 0.2) is 48.5 Å². The number of amides is 1. The number of carbonyl (C=O) groups is 1. The van der Waals surface area contributed by atoms with Crippen LogP contribution in [0.5, 0.6) is 0 Å². The third-order valence-electron chi connectivity index (χ3n) is 4.92. The lowest BCUT2D eigenvalue weighted by Gasteiger charge is -2.12. The molecule has 1 aromatic heterocycles. The van der Waals surface area contributed by atoms with Crippen LogP contribution in [0.2, 0.25) is 0 Å². The van der Waals surface area contributed by atoms with Crippen LogP contribution in [-0.2, 0) is 17.8 Å². The van der Waals surface area contributed by atoms with Crippen LogP contribution in [0.3, 0.4) is 0 Å². The second-order valence-electron chi connectivity index (χ2n) is 6.84. The van der Waals surface area contributed by atoms with Gasteiger partial charge in [-0.1, -0.05) is 36.4 Å². The van der Waals surface area contributed by atoms with Crippen molar-refractivity contribution in [3.05, 3.63) is 65.5 Å². The lowest BCUT2D eigenvalue weighted by molar-refractivity contribution is -0.122. The van der Waals surface area contributed by atoms with E-state index in [0.717, 1.165) is 42.7 Å². The maximum absolute atomic E-state index is 11.8. The molecule has 0 aliphatic heterocycles. The Bertz CT molecular complexity index is 908. The van der Waals surface area contributed by atoms with Crippen molar-refractivity contribution in [3.63, 3.8) is 0 Å². The van der Waals surface area contributed by atoms with Crippen LogP contribution in [0.25, 0.3) is 11.0 Å². The second-order valence-corrected chi connectivity index (χ2v) is 6.84. The summed E-state index contributed by atoms with van der Waals surface area (Å²) in [6.07, 6.45) is 2.83. The van der Waals surface area contributed by atoms with Gasteiger partial charge in [-0.25, -0.2) is 4.98 Å². The lowest BCUT2D eigenvalue weighted by Crippen LogP contribution is -2.27. The molecule has 0 atom stereocenters. The van der Waals surface area contributed by atoms with Gasteiger partial charge in [0.1, 0.15) is 5.82 Å². The maximum Gasteiger partial charge on any atom is 0.223 e. The van der Waals surface area contributed by atoms with Gasteiger partial charge >= 0.3 is 0 Å². The van der Waals surface area contributed by atoms with E-state index in [-0.39, 0.29) is 11.8 Å². The summed E-state index contributed by atoms with van der Waals surface area (Å²) >= 11 is 0. The van der Waals surface area contributed by atoms with Crippen LogP contribution in [0.1, 0.15) is 29.8 Å². The Morgan fingerprint density at radius 1 is 1.16 bits per heavy atom. The molecule has 1 amide bonds. The molecular formula is C21H23N3O. The number of nitrogens with zero attached hydrogens (tertiary/aromatic N) is 2. The van der Waals surface area contributed by atoms with Crippen molar-refractivity contribution in [2.75, 3.05) is 6.54 Å². The average Bonchev–Trinajstić information content (AvgIpc) is 3.41. The van der Waals surface area contributed by atoms with Gasteiger partial charge in [-0.05, 0) is 43.0 Å². The fraction of sp³-hybridized carbons (Fsp3) is 0.333. The molecule has 1 heterocycles. The molecule has 0 saturated heterocycles. The molecule has 0 spiro atoms. The van der Waals surface area contributed by atoms with Crippen LogP contribution >= 0.6 is 0 Å². The number of hydrogen-bond acceptors (Lipinski definition) is 2. The molecule has 1 aliphatic rings. The highest BCUT2D eigenvalue weighted by Crippen LogP contribution is 2.28. The average molecular weight is 333 g/mol. The second kappa shape index (κ2) is 6.71. The first-order valence-corrected chi connectivity index (χ1v) is 8.99. The lowest BCUT2D eigenvalue weighted by atomic mass is 10.1. The zero-order valence-electron chi connectivity index (χ0n) is 14.5. The number of para-hydroxylation sites is 2. The Balaban J connectivity index is 1.59. The Hall–Kier alpha value is -2.62. The van der Waals surface area contributed by atoms with E-state index >= 15 is 0 Å². The van der Waals surface area contributed by atoms with Gasteiger partial charge in [0.05, 0.1) is 11.0 Å². The van der Waals surface area contributed by atoms with Crippen molar-refractivity contribution in [1.82, 2.24) is 14.9 Å². The summed E-state index contributed by atoms with van der Waals surface area (Å²) in [5.74, 6) is 1.48. The van der Waals surface area contributed by atoms with E-state index in [0.29, 0.717) is 6.54 Å². The third kappa shape index (κ3) is 3.43. The van der Waals surface area contributed by atoms with Gasteiger partial charge in [-0.15, -0.1) is 0 Å². The fourth-order valence-electron chi connectivity index (χ4n) is 3.24. The number of hydrogen-bond donors (Lipinski definition) is 1. The number of aromatic nitrogens is 2. The molecule has 3 aromatic rings. The molecule has 0 unspecified atom stereocenters. The number of carbonyl (C=O) groups excluding carboxylic acids is 1. The molecule has 4 heteroatoms. The van der Waals surface area contributed by atoms with E-state index in [4.69, 9.17) is 4.98 Å². The zero-order chi connectivity index (χ0) is 17.2. The Labute approximate surface area is 147 Å². The van der Waals surface area contributed by atoms with Crippen LogP contribution in [0, 0.1) is 12.8 Å². The van der Waals surface area contributed by atoms with Crippen molar-refractivity contribution in [2.24, 2.45) is 5.92 Å². The summed E-state index contributed by atoms with van der Waals surface area (Å²) in [5.41, 5.74) is 4.75. The smallest absolute Gasteiger partial charge is 0.223 e. The monoisotopic (exact) mass is 333 g/mol. The number of nitrogens with one attached hydrogen (secondary N) is 1. The maximum atomic E-state index is 11.8. The molecule has 128 valence electrons. The molecule has 4 rings (SSSR count). The topological polar surface area (TPSA) is 46.9 Å². The van der Waals surface area contributed by atoms with Crippen molar-refractivity contribution in [1.29, 1.82) is 0 Å². The predicted molar refractivity (Wildman–Crippen MR) is 99.5 cm³/mol. The van der Waals surface area contributed by atoms with Crippen LogP contribution in [-0.4, -0.2) is 22.0 Å². The summed E-state index contributed by atoms with van der Waals surface area (Å²) in [4.78, 5) is 16.7. The van der Waals surface area contributed by atoms with Gasteiger partial charge in [0.25, 0.3) is 0 Å². The first kappa shape index (κ1) is 15.9. The molecule has 0 radical (unpaired) electrons. The van der Waals surface area contributed by atoms with Gasteiger partial charge in [-0.2, -0.15) is 0 Å². The van der Waals surface area contributed by atoms with Gasteiger partial charge in [0, 0.05) is 25.4 Å². The molecule has 1 fully saturated rings. The standard InChI is InChI=1S/C21H23N3O/c1-15-6-2-3-7-17(15)14-24-19-9-5-4-8-18(19)23-20(24)12-13-22-21(25)16-10-11-16/h2-9,16H,10-14H2,1H3,(H,22,25). The van der Waals surface area contributed by atoms with Crippen LogP contribution < -0.4 is 5.32 Å². The van der Waals surface area contributed by atoms with Crippen molar-refractivity contribution < 1.29 is 4.79 Å². The summed E-state index contributed by atoms with van der Waals surface area (Å²) in [6, 6.07) is 16.7. The minimum Gasteiger partial charge on any atom is -0.355 e. The largest absolute Gasteiger partial charge is 0.355 e. The SMILES string of the molecule is Cc1ccccc1Cn1c(CCNC(=O)C2CC2)nc2ccccc21. The minimum atomic E-state index is 0.196. The molecule has 2 aromatic carbocycles. The van der Waals surface area contributed by atoms with E-state index < -0.39 is 0 Å². The van der Waals surface area contributed by atoms with Gasteiger partial charge in [0.15, 0.2) is 0 Å². The van der Waals surface area contributed by atoms with Crippen molar-refractivity contribution >= 4 is 16.9 Å². The summed E-state index contributed by atoms with van der Waals surface area (Å²) < 4.78 is 2.28. The van der Waals surface area contributed by atoms with Crippen LogP contribution in [0.4, 0.5) is 0 Å². The van der Waals surface area contributed by atoms with E-state index in [2.05, 4.69) is 59.3 Å². The summed E-state index contributed by atoms with van der Waals surface area (Å²) in [5, 5.41) is 3.05. The molecular weight excluding hydrogens is 310 g/mol. The number of fused-ring (bicyclic) bond motifs is 1. The minimum absolute atomic E-state index is 0.196. The molecule has 0 bridgehead atoms. The van der Waals surface area contributed by atoms with E-state index in [9.17, 15) is 4.79 Å². The highest BCUT2D eigenvalue weighted by atomic mass is 16.2. The first-order valence-electron chi connectivity index (χ1n) is 8.99. The highest BCUT2D eigenvalue weighted by Gasteiger charge is 2.29. The number of imidazole rings is 1. The van der Waals surface area contributed by atoms with Crippen molar-refractivity contribution in [3.8, 4) is 0 Å². The number of aryl methyl sites for hydroxylation is 1. The molecule has 1 saturated carbocycles. The Morgan fingerprint density at radius 2 is 1.92 bits per heavy atom. The quantitative estimate of drug-likeness (QED) is 0.751. The third-order valence-corrected chi connectivity index (χ3v) is 4.92. The molecule has 1 aliphatic carbocycles. The predicted octanol–water partition coefficient (Wildman–Crippen LogP) is 3.46. The number of rotatable bonds is 6. The summed E-state index contributed by atoms with van der Waals surface area (Å²) in [6.45, 7) is 3.59. The molecule has 1 N–H and O–H groups in total. The first-order chi connectivity index (χ1) is 12.2. The fourth-order valence-corrected chi connectivity index (χ4v) is 3.24. The van der Waals surface area contributed by atoms with E-state index in [1.165, 1.54) is 11.1 Å². The Kier molecular flexibility index (Phi) is 4.26. The van der Waals surface area contributed by atoms with Gasteiger partial charge in [-0.3, -0.25) is 4.79 Å². The zero-order valence-corrected chi connectivity index (χ0v) is 14.5.